The van der Waals surface area contributed by atoms with Crippen LogP contribution in [-0.2, 0) is 14.4 Å². The second-order valence-corrected chi connectivity index (χ2v) is 6.53. The number of anilines is 1. The second kappa shape index (κ2) is 7.13. The number of nitrogens with two attached hydrogens (primary N) is 1. The van der Waals surface area contributed by atoms with Gasteiger partial charge in [-0.25, -0.2) is 0 Å². The molecule has 2 aliphatic rings. The number of carbonyl (C=O) groups is 3. The number of ether oxygens (including phenoxy) is 1. The molecule has 1 atom stereocenters. The number of piperidine rings is 1. The molecule has 0 saturated carbocycles. The molecule has 134 valence electrons. The van der Waals surface area contributed by atoms with Crippen LogP contribution in [0.3, 0.4) is 0 Å². The van der Waals surface area contributed by atoms with Gasteiger partial charge in [0.1, 0.15) is 5.75 Å². The minimum absolute atomic E-state index is 0.00709. The van der Waals surface area contributed by atoms with Gasteiger partial charge in [-0.1, -0.05) is 12.1 Å². The largest absolute Gasteiger partial charge is 0.479 e. The van der Waals surface area contributed by atoms with Crippen molar-refractivity contribution in [3.05, 3.63) is 24.3 Å². The highest BCUT2D eigenvalue weighted by Crippen LogP contribution is 2.33. The molecule has 7 heteroatoms. The van der Waals surface area contributed by atoms with Gasteiger partial charge in [0.05, 0.1) is 5.69 Å². The maximum absolute atomic E-state index is 12.5. The summed E-state index contributed by atoms with van der Waals surface area (Å²) in [7, 11) is 0. The first kappa shape index (κ1) is 17.3. The van der Waals surface area contributed by atoms with Crippen LogP contribution < -0.4 is 15.4 Å². The fourth-order valence-corrected chi connectivity index (χ4v) is 3.37. The van der Waals surface area contributed by atoms with E-state index in [2.05, 4.69) is 0 Å². The molecular formula is C18H23N3O4. The Bertz CT molecular complexity index is 683. The van der Waals surface area contributed by atoms with Crippen molar-refractivity contribution in [3.8, 4) is 5.75 Å². The molecule has 0 radical (unpaired) electrons. The van der Waals surface area contributed by atoms with Crippen LogP contribution in [0.25, 0.3) is 0 Å². The summed E-state index contributed by atoms with van der Waals surface area (Å²) < 4.78 is 5.60. The summed E-state index contributed by atoms with van der Waals surface area (Å²) in [6, 6.07) is 7.34. The monoisotopic (exact) mass is 345 g/mol. The summed E-state index contributed by atoms with van der Waals surface area (Å²) in [5, 5.41) is 0. The maximum Gasteiger partial charge on any atom is 0.267 e. The lowest BCUT2D eigenvalue weighted by molar-refractivity contribution is -0.134. The van der Waals surface area contributed by atoms with Gasteiger partial charge in [0.15, 0.2) is 6.10 Å². The Morgan fingerprint density at radius 1 is 1.24 bits per heavy atom. The normalized spacial score (nSPS) is 20.8. The number of fused-ring (bicyclic) bond motifs is 1. The molecule has 1 aromatic rings. The molecule has 0 bridgehead atoms. The average Bonchev–Trinajstić information content (AvgIpc) is 2.62. The highest BCUT2D eigenvalue weighted by molar-refractivity contribution is 6.00. The van der Waals surface area contributed by atoms with Gasteiger partial charge in [0, 0.05) is 32.0 Å². The lowest BCUT2D eigenvalue weighted by Gasteiger charge is -2.34. The van der Waals surface area contributed by atoms with Gasteiger partial charge in [-0.05, 0) is 31.9 Å². The van der Waals surface area contributed by atoms with Gasteiger partial charge in [0.2, 0.25) is 11.8 Å². The number of hydrogen-bond acceptors (Lipinski definition) is 4. The molecule has 7 nitrogen and oxygen atoms in total. The molecule has 1 aromatic carbocycles. The van der Waals surface area contributed by atoms with Gasteiger partial charge >= 0.3 is 0 Å². The third kappa shape index (κ3) is 3.60. The number of primary amides is 1. The molecule has 3 amide bonds. The van der Waals surface area contributed by atoms with Crippen LogP contribution in [0.2, 0.25) is 0 Å². The van der Waals surface area contributed by atoms with E-state index in [4.69, 9.17) is 10.5 Å². The molecule has 0 aromatic heterocycles. The molecule has 3 rings (SSSR count). The zero-order valence-corrected chi connectivity index (χ0v) is 14.3. The summed E-state index contributed by atoms with van der Waals surface area (Å²) in [4.78, 5) is 39.5. The van der Waals surface area contributed by atoms with Gasteiger partial charge in [-0.3, -0.25) is 14.4 Å². The van der Waals surface area contributed by atoms with Crippen LogP contribution in [0.4, 0.5) is 5.69 Å². The predicted molar refractivity (Wildman–Crippen MR) is 92.0 cm³/mol. The number of carbonyl (C=O) groups excluding carboxylic acids is 3. The number of benzene rings is 1. The van der Waals surface area contributed by atoms with Crippen molar-refractivity contribution in [3.63, 3.8) is 0 Å². The van der Waals surface area contributed by atoms with E-state index in [0.29, 0.717) is 43.9 Å². The van der Waals surface area contributed by atoms with E-state index in [9.17, 15) is 14.4 Å². The molecule has 1 saturated heterocycles. The lowest BCUT2D eigenvalue weighted by atomic mass is 9.96. The van der Waals surface area contributed by atoms with Gasteiger partial charge in [-0.2, -0.15) is 0 Å². The summed E-state index contributed by atoms with van der Waals surface area (Å²) in [5.74, 6) is 0.0739. The number of likely N-dealkylation sites (tertiary alicyclic amines) is 1. The zero-order valence-electron chi connectivity index (χ0n) is 14.3. The first-order valence-corrected chi connectivity index (χ1v) is 8.61. The topological polar surface area (TPSA) is 92.9 Å². The van der Waals surface area contributed by atoms with E-state index in [1.807, 2.05) is 24.3 Å². The van der Waals surface area contributed by atoms with Crippen LogP contribution >= 0.6 is 0 Å². The quantitative estimate of drug-likeness (QED) is 0.878. The third-order valence-corrected chi connectivity index (χ3v) is 4.87. The third-order valence-electron chi connectivity index (χ3n) is 4.87. The molecule has 0 spiro atoms. The van der Waals surface area contributed by atoms with E-state index in [1.54, 1.807) is 16.7 Å². The fourth-order valence-electron chi connectivity index (χ4n) is 3.37. The molecule has 2 heterocycles. The van der Waals surface area contributed by atoms with Crippen LogP contribution in [0, 0.1) is 5.92 Å². The van der Waals surface area contributed by atoms with Crippen molar-refractivity contribution in [2.24, 2.45) is 11.7 Å². The second-order valence-electron chi connectivity index (χ2n) is 6.53. The van der Waals surface area contributed by atoms with E-state index >= 15 is 0 Å². The molecule has 0 aliphatic carbocycles. The SMILES string of the molecule is CC1Oc2ccccc2N(CCC(=O)N2CCC(C(N)=O)CC2)C1=O. The number of nitrogens with zero attached hydrogens (tertiary/aromatic N) is 2. The molecular weight excluding hydrogens is 322 g/mol. The minimum atomic E-state index is -0.559. The standard InChI is InChI=1S/C18H23N3O4/c1-12-18(24)21(14-4-2-3-5-15(14)25-12)11-8-16(22)20-9-6-13(7-10-20)17(19)23/h2-5,12-13H,6-11H2,1H3,(H2,19,23). The Morgan fingerprint density at radius 3 is 2.60 bits per heavy atom. The van der Waals surface area contributed by atoms with E-state index in [1.165, 1.54) is 0 Å². The lowest BCUT2D eigenvalue weighted by Crippen LogP contribution is -2.47. The highest BCUT2D eigenvalue weighted by Gasteiger charge is 2.32. The Hall–Kier alpha value is -2.57. The number of amides is 3. The van der Waals surface area contributed by atoms with E-state index in [-0.39, 0.29) is 30.1 Å². The maximum atomic E-state index is 12.5. The average molecular weight is 345 g/mol. The van der Waals surface area contributed by atoms with Crippen LogP contribution in [0.5, 0.6) is 5.75 Å². The predicted octanol–water partition coefficient (Wildman–Crippen LogP) is 0.915. The van der Waals surface area contributed by atoms with Gasteiger partial charge in [0.25, 0.3) is 5.91 Å². The van der Waals surface area contributed by atoms with Crippen molar-refractivity contribution in [2.45, 2.75) is 32.3 Å². The van der Waals surface area contributed by atoms with Crippen LogP contribution in [0.1, 0.15) is 26.2 Å². The minimum Gasteiger partial charge on any atom is -0.479 e. The number of rotatable bonds is 4. The Labute approximate surface area is 146 Å². The van der Waals surface area contributed by atoms with Crippen molar-refractivity contribution in [2.75, 3.05) is 24.5 Å². The van der Waals surface area contributed by atoms with Crippen LogP contribution in [0.15, 0.2) is 24.3 Å². The van der Waals surface area contributed by atoms with Crippen LogP contribution in [-0.4, -0.2) is 48.4 Å². The smallest absolute Gasteiger partial charge is 0.267 e. The molecule has 1 unspecified atom stereocenters. The summed E-state index contributed by atoms with van der Waals surface area (Å²) in [6.07, 6.45) is 0.902. The Balaban J connectivity index is 1.60. The van der Waals surface area contributed by atoms with Crippen molar-refractivity contribution < 1.29 is 19.1 Å². The summed E-state index contributed by atoms with van der Waals surface area (Å²) >= 11 is 0. The number of hydrogen-bond donors (Lipinski definition) is 1. The van der Waals surface area contributed by atoms with E-state index in [0.717, 1.165) is 0 Å². The van der Waals surface area contributed by atoms with Crippen molar-refractivity contribution >= 4 is 23.4 Å². The molecule has 1 fully saturated rings. The van der Waals surface area contributed by atoms with Gasteiger partial charge < -0.3 is 20.3 Å². The summed E-state index contributed by atoms with van der Waals surface area (Å²) in [6.45, 7) is 3.10. The fraction of sp³-hybridized carbons (Fsp3) is 0.500. The zero-order chi connectivity index (χ0) is 18.0. The van der Waals surface area contributed by atoms with Crippen molar-refractivity contribution in [1.82, 2.24) is 4.90 Å². The molecule has 25 heavy (non-hydrogen) atoms. The highest BCUT2D eigenvalue weighted by atomic mass is 16.5. The molecule has 2 aliphatic heterocycles. The summed E-state index contributed by atoms with van der Waals surface area (Å²) in [5.41, 5.74) is 6.02. The number of para-hydroxylation sites is 2. The Kier molecular flexibility index (Phi) is 4.92. The first-order valence-electron chi connectivity index (χ1n) is 8.61. The van der Waals surface area contributed by atoms with Crippen molar-refractivity contribution in [1.29, 1.82) is 0 Å². The molecule has 2 N–H and O–H groups in total. The Morgan fingerprint density at radius 2 is 1.92 bits per heavy atom. The van der Waals surface area contributed by atoms with Gasteiger partial charge in [-0.15, -0.1) is 0 Å². The first-order chi connectivity index (χ1) is 12.0. The van der Waals surface area contributed by atoms with E-state index < -0.39 is 6.10 Å².